The van der Waals surface area contributed by atoms with Crippen LogP contribution in [-0.2, 0) is 12.5 Å². The van der Waals surface area contributed by atoms with Gasteiger partial charge in [0, 0.05) is 5.88 Å². The van der Waals surface area contributed by atoms with Crippen LogP contribution in [0.15, 0.2) is 104 Å². The van der Waals surface area contributed by atoms with Crippen LogP contribution < -0.4 is 14.2 Å². The first kappa shape index (κ1) is 34.1. The van der Waals surface area contributed by atoms with E-state index in [0.717, 1.165) is 84.4 Å². The molecular weight excluding hydrogens is 588 g/mol. The van der Waals surface area contributed by atoms with Gasteiger partial charge in [-0.1, -0.05) is 92.0 Å². The van der Waals surface area contributed by atoms with Gasteiger partial charge in [-0.3, -0.25) is 0 Å². The molecule has 0 amide bonds. The molecule has 0 atom stereocenters. The average Bonchev–Trinajstić information content (AvgIpc) is 3.05. The Kier molecular flexibility index (Phi) is 11.9. The summed E-state index contributed by atoms with van der Waals surface area (Å²) in [5.41, 5.74) is 10.9. The van der Waals surface area contributed by atoms with Crippen molar-refractivity contribution in [2.75, 3.05) is 0 Å². The van der Waals surface area contributed by atoms with Gasteiger partial charge in [-0.05, 0) is 121 Å². The zero-order chi connectivity index (χ0) is 33.2. The largest absolute Gasteiger partial charge is 0.488 e. The van der Waals surface area contributed by atoms with E-state index in [2.05, 4.69) is 79.0 Å². The van der Waals surface area contributed by atoms with Crippen LogP contribution in [0.5, 0.6) is 28.7 Å². The normalized spacial score (nSPS) is 10.4. The van der Waals surface area contributed by atoms with E-state index in [9.17, 15) is 0 Å². The minimum atomic E-state index is 0.513. The predicted octanol–water partition coefficient (Wildman–Crippen LogP) is 12.4. The van der Waals surface area contributed by atoms with E-state index >= 15 is 0 Å². The minimum absolute atomic E-state index is 0.513. The third-order valence-corrected chi connectivity index (χ3v) is 7.99. The smallest absolute Gasteiger partial charge is 0.133 e. The highest BCUT2D eigenvalue weighted by Crippen LogP contribution is 2.37. The van der Waals surface area contributed by atoms with Crippen molar-refractivity contribution in [3.63, 3.8) is 0 Å². The molecule has 3 nitrogen and oxygen atoms in total. The third-order valence-electron chi connectivity index (χ3n) is 7.68. The van der Waals surface area contributed by atoms with E-state index < -0.39 is 0 Å². The molecule has 5 aromatic carbocycles. The third kappa shape index (κ3) is 8.93. The lowest BCUT2D eigenvalue weighted by molar-refractivity contribution is 0.301. The predicted molar refractivity (Wildman–Crippen MR) is 195 cm³/mol. The van der Waals surface area contributed by atoms with Crippen molar-refractivity contribution in [2.24, 2.45) is 0 Å². The van der Waals surface area contributed by atoms with Crippen molar-refractivity contribution in [3.05, 3.63) is 160 Å². The van der Waals surface area contributed by atoms with E-state index in [1.54, 1.807) is 0 Å². The zero-order valence-electron chi connectivity index (χ0n) is 27.7. The quantitative estimate of drug-likeness (QED) is 0.144. The molecule has 0 unspecified atom stereocenters. The Morgan fingerprint density at radius 1 is 0.522 bits per heavy atom. The van der Waals surface area contributed by atoms with Crippen molar-refractivity contribution < 1.29 is 14.2 Å². The molecule has 0 aliphatic carbocycles. The maximum atomic E-state index is 6.38. The topological polar surface area (TPSA) is 27.7 Å². The van der Waals surface area contributed by atoms with Gasteiger partial charge in [0.05, 0.1) is 0 Å². The first-order valence-electron chi connectivity index (χ1n) is 15.4. The van der Waals surface area contributed by atoms with E-state index in [1.807, 2.05) is 78.9 Å². The molecule has 4 heteroatoms. The molecule has 0 saturated carbocycles. The first-order valence-corrected chi connectivity index (χ1v) is 15.9. The Hall–Kier alpha value is -4.73. The molecule has 0 heterocycles. The van der Waals surface area contributed by atoms with Crippen molar-refractivity contribution >= 4 is 23.8 Å². The fraction of sp³-hybridized carbons (Fsp3) is 0.190. The van der Waals surface area contributed by atoms with Crippen LogP contribution in [0.3, 0.4) is 0 Å². The number of hydrogen-bond donors (Lipinski definition) is 0. The molecule has 0 saturated heterocycles. The maximum Gasteiger partial charge on any atom is 0.133 e. The second kappa shape index (κ2) is 16.0. The standard InChI is InChI=1S/C33H34O3.C9H9Cl/c1-8-27-12-14-28(15-13-27)20-34-31-23(4)16-29(17-24(31)5)36-33-25(6)18-30(19-26(33)7)35-32-21(2)10-9-11-22(32)3;1-2-8-3-5-9(7-10)6-4-8/h8-19H,1,20H2,2-7H3;2-6H,1,7H2. The number of para-hydroxylation sites is 1. The lowest BCUT2D eigenvalue weighted by Gasteiger charge is -2.18. The summed E-state index contributed by atoms with van der Waals surface area (Å²) in [6.45, 7) is 20.3. The van der Waals surface area contributed by atoms with Crippen LogP contribution in [0.25, 0.3) is 12.2 Å². The molecule has 0 aromatic heterocycles. The lowest BCUT2D eigenvalue weighted by Crippen LogP contribution is -2.00. The molecule has 0 aliphatic rings. The molecule has 0 radical (unpaired) electrons. The molecule has 5 rings (SSSR count). The molecule has 0 aliphatic heterocycles. The minimum Gasteiger partial charge on any atom is -0.488 e. The summed E-state index contributed by atoms with van der Waals surface area (Å²) in [5, 5.41) is 0. The lowest BCUT2D eigenvalue weighted by atomic mass is 10.1. The summed E-state index contributed by atoms with van der Waals surface area (Å²) in [6, 6.07) is 30.5. The summed E-state index contributed by atoms with van der Waals surface area (Å²) in [7, 11) is 0. The fourth-order valence-electron chi connectivity index (χ4n) is 5.17. The molecule has 0 bridgehead atoms. The molecular formula is C42H43ClO3. The number of ether oxygens (including phenoxy) is 3. The molecule has 46 heavy (non-hydrogen) atoms. The highest BCUT2D eigenvalue weighted by molar-refractivity contribution is 6.17. The summed E-state index contributed by atoms with van der Waals surface area (Å²) in [4.78, 5) is 0. The monoisotopic (exact) mass is 630 g/mol. The van der Waals surface area contributed by atoms with Crippen LogP contribution in [0, 0.1) is 41.5 Å². The van der Waals surface area contributed by atoms with Gasteiger partial charge in [0.15, 0.2) is 0 Å². The van der Waals surface area contributed by atoms with Crippen LogP contribution in [-0.4, -0.2) is 0 Å². The van der Waals surface area contributed by atoms with Gasteiger partial charge < -0.3 is 14.2 Å². The molecule has 236 valence electrons. The number of benzene rings is 5. The van der Waals surface area contributed by atoms with Crippen molar-refractivity contribution in [1.82, 2.24) is 0 Å². The fourth-order valence-corrected chi connectivity index (χ4v) is 5.35. The Balaban J connectivity index is 0.000000409. The second-order valence-electron chi connectivity index (χ2n) is 11.5. The van der Waals surface area contributed by atoms with Gasteiger partial charge in [-0.25, -0.2) is 0 Å². The number of halogens is 1. The summed E-state index contributed by atoms with van der Waals surface area (Å²) in [5.74, 6) is 4.83. The highest BCUT2D eigenvalue weighted by atomic mass is 35.5. The second-order valence-corrected chi connectivity index (χ2v) is 11.8. The number of rotatable bonds is 10. The molecule has 0 fully saturated rings. The summed E-state index contributed by atoms with van der Waals surface area (Å²) < 4.78 is 18.8. The maximum absolute atomic E-state index is 6.38. The number of alkyl halides is 1. The average molecular weight is 631 g/mol. The van der Waals surface area contributed by atoms with Crippen LogP contribution in [0.2, 0.25) is 0 Å². The van der Waals surface area contributed by atoms with Crippen LogP contribution in [0.1, 0.15) is 55.6 Å². The Bertz CT molecular complexity index is 1730. The Labute approximate surface area is 279 Å². The van der Waals surface area contributed by atoms with Gasteiger partial charge in [0.25, 0.3) is 0 Å². The Morgan fingerprint density at radius 2 is 0.913 bits per heavy atom. The van der Waals surface area contributed by atoms with Gasteiger partial charge >= 0.3 is 0 Å². The zero-order valence-corrected chi connectivity index (χ0v) is 28.5. The Morgan fingerprint density at radius 3 is 1.33 bits per heavy atom. The van der Waals surface area contributed by atoms with E-state index in [4.69, 9.17) is 25.8 Å². The highest BCUT2D eigenvalue weighted by Gasteiger charge is 2.14. The molecule has 0 N–H and O–H groups in total. The van der Waals surface area contributed by atoms with E-state index in [1.165, 1.54) is 0 Å². The van der Waals surface area contributed by atoms with Gasteiger partial charge in [-0.15, -0.1) is 11.6 Å². The van der Waals surface area contributed by atoms with Gasteiger partial charge in [0.2, 0.25) is 0 Å². The number of hydrogen-bond acceptors (Lipinski definition) is 3. The van der Waals surface area contributed by atoms with Crippen LogP contribution >= 0.6 is 11.6 Å². The van der Waals surface area contributed by atoms with E-state index in [-0.39, 0.29) is 0 Å². The molecule has 5 aromatic rings. The van der Waals surface area contributed by atoms with Gasteiger partial charge in [0.1, 0.15) is 35.4 Å². The van der Waals surface area contributed by atoms with Gasteiger partial charge in [-0.2, -0.15) is 0 Å². The van der Waals surface area contributed by atoms with Crippen molar-refractivity contribution in [3.8, 4) is 28.7 Å². The van der Waals surface area contributed by atoms with Crippen molar-refractivity contribution in [2.45, 2.75) is 54.0 Å². The first-order chi connectivity index (χ1) is 22.1. The van der Waals surface area contributed by atoms with E-state index in [0.29, 0.717) is 12.5 Å². The summed E-state index contributed by atoms with van der Waals surface area (Å²) in [6.07, 6.45) is 3.66. The number of aryl methyl sites for hydroxylation is 6. The SMILES string of the molecule is C=Cc1ccc(CCl)cc1.C=Cc1ccc(COc2c(C)cc(Oc3c(C)cc(Oc4c(C)cccc4C)cc3C)cc2C)cc1. The van der Waals surface area contributed by atoms with Crippen LogP contribution in [0.4, 0.5) is 0 Å². The molecule has 0 spiro atoms. The van der Waals surface area contributed by atoms with Crippen molar-refractivity contribution in [1.29, 1.82) is 0 Å². The summed E-state index contributed by atoms with van der Waals surface area (Å²) >= 11 is 5.60.